The number of alkyl halides is 2. The molecule has 0 atom stereocenters. The first-order valence-corrected chi connectivity index (χ1v) is 5.17. The highest BCUT2D eigenvalue weighted by Crippen LogP contribution is 2.10. The summed E-state index contributed by atoms with van der Waals surface area (Å²) in [7, 11) is 0. The van der Waals surface area contributed by atoms with Crippen LogP contribution in [0.3, 0.4) is 0 Å². The van der Waals surface area contributed by atoms with Gasteiger partial charge in [-0.05, 0) is 12.1 Å². The van der Waals surface area contributed by atoms with Crippen molar-refractivity contribution in [2.24, 2.45) is 10.8 Å². The summed E-state index contributed by atoms with van der Waals surface area (Å²) in [6.07, 6.45) is -2.09. The van der Waals surface area contributed by atoms with E-state index in [2.05, 4.69) is 10.4 Å². The van der Waals surface area contributed by atoms with Gasteiger partial charge in [0.15, 0.2) is 0 Å². The molecule has 4 nitrogen and oxygen atoms in total. The first-order valence-electron chi connectivity index (χ1n) is 5.17. The molecule has 0 saturated carbocycles. The van der Waals surface area contributed by atoms with E-state index >= 15 is 0 Å². The van der Waals surface area contributed by atoms with Gasteiger partial charge in [0.25, 0.3) is 6.43 Å². The van der Waals surface area contributed by atoms with E-state index in [1.807, 2.05) is 30.3 Å². The minimum atomic E-state index is -2.45. The third-order valence-corrected chi connectivity index (χ3v) is 1.91. The molecule has 0 aliphatic heterocycles. The van der Waals surface area contributed by atoms with Crippen LogP contribution in [0.5, 0.6) is 0 Å². The minimum Gasteiger partial charge on any atom is -0.375 e. The van der Waals surface area contributed by atoms with E-state index in [1.54, 1.807) is 0 Å². The molecule has 0 aromatic heterocycles. The number of hydrazine groups is 1. The number of aliphatic imine (C=N–C) groups is 1. The Morgan fingerprint density at radius 3 is 2.65 bits per heavy atom. The average molecular weight is 243 g/mol. The molecule has 0 heterocycles. The number of benzene rings is 1. The van der Waals surface area contributed by atoms with Gasteiger partial charge in [-0.2, -0.15) is 0 Å². The fourth-order valence-electron chi connectivity index (χ4n) is 1.16. The number of nitrogens with zero attached hydrogens (tertiary/aromatic N) is 1. The highest BCUT2D eigenvalue weighted by Gasteiger charge is 2.03. The van der Waals surface area contributed by atoms with Gasteiger partial charge >= 0.3 is 0 Å². The summed E-state index contributed by atoms with van der Waals surface area (Å²) in [5.41, 5.74) is 3.17. The molecule has 0 amide bonds. The van der Waals surface area contributed by atoms with E-state index in [4.69, 9.17) is 10.6 Å². The summed E-state index contributed by atoms with van der Waals surface area (Å²) in [5.74, 6) is 5.77. The largest absolute Gasteiger partial charge is 0.375 e. The predicted octanol–water partition coefficient (Wildman–Crippen LogP) is 1.85. The van der Waals surface area contributed by atoms with Crippen molar-refractivity contribution in [2.45, 2.75) is 12.8 Å². The van der Waals surface area contributed by atoms with Crippen LogP contribution in [0, 0.1) is 0 Å². The van der Waals surface area contributed by atoms with Crippen molar-refractivity contribution in [1.29, 1.82) is 0 Å². The van der Waals surface area contributed by atoms with Crippen LogP contribution >= 0.6 is 0 Å². The normalized spacial score (nSPS) is 11.9. The van der Waals surface area contributed by atoms with Crippen LogP contribution in [0.1, 0.15) is 6.42 Å². The molecule has 1 rings (SSSR count). The lowest BCUT2D eigenvalue weighted by atomic mass is 10.3. The maximum Gasteiger partial charge on any atom is 0.261 e. The van der Waals surface area contributed by atoms with Crippen molar-refractivity contribution in [1.82, 2.24) is 5.43 Å². The summed E-state index contributed by atoms with van der Waals surface area (Å²) < 4.78 is 28.3. The number of para-hydroxylation sites is 1. The Labute approximate surface area is 98.5 Å². The van der Waals surface area contributed by atoms with Crippen LogP contribution in [0.25, 0.3) is 0 Å². The second-order valence-electron chi connectivity index (χ2n) is 3.25. The Morgan fingerprint density at radius 2 is 2.06 bits per heavy atom. The van der Waals surface area contributed by atoms with E-state index in [1.165, 1.54) is 0 Å². The summed E-state index contributed by atoms with van der Waals surface area (Å²) >= 11 is 0. The third kappa shape index (κ3) is 5.94. The fourth-order valence-corrected chi connectivity index (χ4v) is 1.16. The molecule has 94 valence electrons. The number of hydrogen-bond acceptors (Lipinski definition) is 3. The molecule has 0 aliphatic rings. The molecule has 6 heteroatoms. The molecule has 0 aliphatic carbocycles. The van der Waals surface area contributed by atoms with Gasteiger partial charge in [0, 0.05) is 6.42 Å². The van der Waals surface area contributed by atoms with Crippen LogP contribution in [-0.2, 0) is 4.74 Å². The fraction of sp³-hybridized carbons (Fsp3) is 0.364. The molecule has 17 heavy (non-hydrogen) atoms. The summed E-state index contributed by atoms with van der Waals surface area (Å²) in [6.45, 7) is -0.413. The molecule has 0 unspecified atom stereocenters. The van der Waals surface area contributed by atoms with Gasteiger partial charge in [0.2, 0.25) is 0 Å². The van der Waals surface area contributed by atoms with Crippen molar-refractivity contribution >= 4 is 11.5 Å². The van der Waals surface area contributed by atoms with Crippen LogP contribution in [0.2, 0.25) is 0 Å². The van der Waals surface area contributed by atoms with Gasteiger partial charge in [-0.1, -0.05) is 18.2 Å². The van der Waals surface area contributed by atoms with Crippen LogP contribution < -0.4 is 11.3 Å². The Hall–Kier alpha value is -1.53. The first kappa shape index (κ1) is 13.5. The molecule has 1 aromatic carbocycles. The molecule has 1 aromatic rings. The summed E-state index contributed by atoms with van der Waals surface area (Å²) in [5, 5.41) is 0. The molecule has 0 bridgehead atoms. The number of amidine groups is 1. The Balaban J connectivity index is 2.40. The van der Waals surface area contributed by atoms with Gasteiger partial charge < -0.3 is 10.2 Å². The van der Waals surface area contributed by atoms with E-state index < -0.39 is 13.0 Å². The highest BCUT2D eigenvalue weighted by molar-refractivity contribution is 5.84. The topological polar surface area (TPSA) is 59.6 Å². The molecular formula is C11H15F2N3O. The Morgan fingerprint density at radius 1 is 1.35 bits per heavy atom. The number of rotatable bonds is 6. The lowest BCUT2D eigenvalue weighted by molar-refractivity contribution is 0.0200. The smallest absolute Gasteiger partial charge is 0.261 e. The monoisotopic (exact) mass is 243 g/mol. The first-order chi connectivity index (χ1) is 8.22. The van der Waals surface area contributed by atoms with Gasteiger partial charge in [-0.15, -0.1) is 0 Å². The lowest BCUT2D eigenvalue weighted by Gasteiger charge is -2.06. The number of halogens is 2. The van der Waals surface area contributed by atoms with Gasteiger partial charge in [-0.25, -0.2) is 19.6 Å². The second-order valence-corrected chi connectivity index (χ2v) is 3.25. The van der Waals surface area contributed by atoms with Gasteiger partial charge in [0.05, 0.1) is 12.3 Å². The van der Waals surface area contributed by atoms with E-state index in [-0.39, 0.29) is 6.61 Å². The predicted molar refractivity (Wildman–Crippen MR) is 62.3 cm³/mol. The van der Waals surface area contributed by atoms with Crippen molar-refractivity contribution in [3.63, 3.8) is 0 Å². The van der Waals surface area contributed by atoms with Crippen LogP contribution in [-0.4, -0.2) is 25.5 Å². The molecule has 0 radical (unpaired) electrons. The van der Waals surface area contributed by atoms with Crippen LogP contribution in [0.4, 0.5) is 14.5 Å². The highest BCUT2D eigenvalue weighted by atomic mass is 19.3. The zero-order valence-corrected chi connectivity index (χ0v) is 9.27. The number of hydrogen-bond donors (Lipinski definition) is 2. The number of nitrogens with one attached hydrogen (secondary N) is 1. The Bertz CT molecular complexity index is 344. The summed E-state index contributed by atoms with van der Waals surface area (Å²) in [6, 6.07) is 9.20. The SMILES string of the molecule is NNC(CCOCC(F)F)=Nc1ccccc1. The maximum atomic E-state index is 11.8. The zero-order chi connectivity index (χ0) is 12.5. The van der Waals surface area contributed by atoms with E-state index in [9.17, 15) is 8.78 Å². The molecule has 0 spiro atoms. The Kier molecular flexibility index (Phi) is 6.13. The molecule has 0 fully saturated rings. The summed E-state index contributed by atoms with van der Waals surface area (Å²) in [4.78, 5) is 4.21. The van der Waals surface area contributed by atoms with Gasteiger partial charge in [0.1, 0.15) is 12.4 Å². The van der Waals surface area contributed by atoms with Crippen LogP contribution in [0.15, 0.2) is 35.3 Å². The third-order valence-electron chi connectivity index (χ3n) is 1.91. The lowest BCUT2D eigenvalue weighted by Crippen LogP contribution is -2.31. The van der Waals surface area contributed by atoms with E-state index in [0.29, 0.717) is 12.3 Å². The maximum absolute atomic E-state index is 11.8. The van der Waals surface area contributed by atoms with Crippen molar-refractivity contribution in [2.75, 3.05) is 13.2 Å². The average Bonchev–Trinajstić information content (AvgIpc) is 2.34. The molecule has 3 N–H and O–H groups in total. The quantitative estimate of drug-likeness (QED) is 0.263. The van der Waals surface area contributed by atoms with Crippen molar-refractivity contribution in [3.05, 3.63) is 30.3 Å². The second kappa shape index (κ2) is 7.70. The molecule has 0 saturated heterocycles. The molecular weight excluding hydrogens is 228 g/mol. The number of nitrogens with two attached hydrogens (primary N) is 1. The van der Waals surface area contributed by atoms with Gasteiger partial charge in [-0.3, -0.25) is 0 Å². The zero-order valence-electron chi connectivity index (χ0n) is 9.27. The standard InChI is InChI=1S/C11H15F2N3O/c12-10(13)8-17-7-6-11(16-14)15-9-4-2-1-3-5-9/h1-5,10H,6-8,14H2,(H,15,16). The van der Waals surface area contributed by atoms with Crippen molar-refractivity contribution in [3.8, 4) is 0 Å². The van der Waals surface area contributed by atoms with E-state index in [0.717, 1.165) is 5.69 Å². The minimum absolute atomic E-state index is 0.153. The number of ether oxygens (including phenoxy) is 1. The van der Waals surface area contributed by atoms with Crippen molar-refractivity contribution < 1.29 is 13.5 Å².